The van der Waals surface area contributed by atoms with E-state index in [9.17, 15) is 9.18 Å². The third kappa shape index (κ3) is 2.66. The molecular formula is C9H14BrFO2. The van der Waals surface area contributed by atoms with Crippen LogP contribution in [0.2, 0.25) is 0 Å². The first-order chi connectivity index (χ1) is 6.11. The molecule has 0 unspecified atom stereocenters. The van der Waals surface area contributed by atoms with Crippen LogP contribution in [0.3, 0.4) is 0 Å². The highest BCUT2D eigenvalue weighted by Crippen LogP contribution is 2.36. The van der Waals surface area contributed by atoms with E-state index < -0.39 is 5.67 Å². The second-order valence-corrected chi connectivity index (χ2v) is 4.14. The molecule has 0 aromatic heterocycles. The molecule has 1 fully saturated rings. The van der Waals surface area contributed by atoms with Gasteiger partial charge in [0.2, 0.25) is 0 Å². The first kappa shape index (κ1) is 11.0. The fourth-order valence-corrected chi connectivity index (χ4v) is 2.23. The van der Waals surface area contributed by atoms with Gasteiger partial charge in [-0.15, -0.1) is 0 Å². The molecule has 76 valence electrons. The number of carbonyl (C=O) groups excluding carboxylic acids is 1. The van der Waals surface area contributed by atoms with Crippen LogP contribution in [0, 0.1) is 5.92 Å². The zero-order chi connectivity index (χ0) is 9.90. The zero-order valence-corrected chi connectivity index (χ0v) is 9.27. The minimum absolute atomic E-state index is 0.0899. The van der Waals surface area contributed by atoms with Gasteiger partial charge in [0, 0.05) is 5.33 Å². The number of alkyl halides is 2. The van der Waals surface area contributed by atoms with Gasteiger partial charge in [0.1, 0.15) is 5.67 Å². The summed E-state index contributed by atoms with van der Waals surface area (Å²) in [7, 11) is 1.38. The largest absolute Gasteiger partial charge is 0.469 e. The Labute approximate surface area is 86.0 Å². The average Bonchev–Trinajstić information content (AvgIpc) is 2.18. The number of hydrogen-bond donors (Lipinski definition) is 0. The fraction of sp³-hybridized carbons (Fsp3) is 0.889. The van der Waals surface area contributed by atoms with Crippen molar-refractivity contribution in [1.29, 1.82) is 0 Å². The van der Waals surface area contributed by atoms with E-state index in [1.165, 1.54) is 7.11 Å². The Balaban J connectivity index is 2.43. The van der Waals surface area contributed by atoms with Gasteiger partial charge in [0.15, 0.2) is 0 Å². The van der Waals surface area contributed by atoms with Gasteiger partial charge in [0.05, 0.1) is 13.0 Å². The van der Waals surface area contributed by atoms with Gasteiger partial charge in [-0.3, -0.25) is 4.79 Å². The normalized spacial score (nSPS) is 34.2. The highest BCUT2D eigenvalue weighted by Gasteiger charge is 2.36. The van der Waals surface area contributed by atoms with E-state index in [1.807, 2.05) is 0 Å². The van der Waals surface area contributed by atoms with Crippen LogP contribution in [-0.4, -0.2) is 24.1 Å². The molecule has 4 heteroatoms. The molecule has 13 heavy (non-hydrogen) atoms. The van der Waals surface area contributed by atoms with E-state index in [1.54, 1.807) is 0 Å². The molecule has 0 N–H and O–H groups in total. The first-order valence-electron chi connectivity index (χ1n) is 4.44. The SMILES string of the molecule is COC(=O)C1CCC(F)(CBr)CC1. The monoisotopic (exact) mass is 252 g/mol. The Morgan fingerprint density at radius 2 is 2.15 bits per heavy atom. The summed E-state index contributed by atoms with van der Waals surface area (Å²) in [6.45, 7) is 0. The number of halogens is 2. The Morgan fingerprint density at radius 1 is 1.62 bits per heavy atom. The zero-order valence-electron chi connectivity index (χ0n) is 7.69. The predicted molar refractivity (Wildman–Crippen MR) is 51.6 cm³/mol. The van der Waals surface area contributed by atoms with Crippen molar-refractivity contribution in [3.05, 3.63) is 0 Å². The molecule has 0 aromatic rings. The molecule has 0 spiro atoms. The summed E-state index contributed by atoms with van der Waals surface area (Å²) in [5.41, 5.74) is -1.11. The number of rotatable bonds is 2. The minimum atomic E-state index is -1.11. The van der Waals surface area contributed by atoms with Crippen LogP contribution in [0.5, 0.6) is 0 Å². The van der Waals surface area contributed by atoms with Crippen molar-refractivity contribution >= 4 is 21.9 Å². The summed E-state index contributed by atoms with van der Waals surface area (Å²) in [4.78, 5) is 11.1. The topological polar surface area (TPSA) is 26.3 Å². The summed E-state index contributed by atoms with van der Waals surface area (Å²) in [5.74, 6) is -0.287. The van der Waals surface area contributed by atoms with E-state index in [0.29, 0.717) is 31.0 Å². The number of ether oxygens (including phenoxy) is 1. The molecule has 1 saturated carbocycles. The van der Waals surface area contributed by atoms with Gasteiger partial charge in [-0.05, 0) is 25.7 Å². The van der Waals surface area contributed by atoms with Crippen molar-refractivity contribution < 1.29 is 13.9 Å². The quantitative estimate of drug-likeness (QED) is 0.558. The lowest BCUT2D eigenvalue weighted by Gasteiger charge is -2.31. The maximum absolute atomic E-state index is 13.6. The molecule has 1 aliphatic carbocycles. The number of carbonyl (C=O) groups is 1. The lowest BCUT2D eigenvalue weighted by atomic mass is 9.81. The molecule has 0 bridgehead atoms. The summed E-state index contributed by atoms with van der Waals surface area (Å²) in [6.07, 6.45) is 2.12. The molecule has 0 atom stereocenters. The van der Waals surface area contributed by atoms with Crippen LogP contribution < -0.4 is 0 Å². The van der Waals surface area contributed by atoms with Crippen molar-refractivity contribution in [2.24, 2.45) is 5.92 Å². The van der Waals surface area contributed by atoms with E-state index >= 15 is 0 Å². The second kappa shape index (κ2) is 4.40. The second-order valence-electron chi connectivity index (χ2n) is 3.58. The number of hydrogen-bond acceptors (Lipinski definition) is 2. The molecule has 0 heterocycles. The van der Waals surface area contributed by atoms with Crippen molar-refractivity contribution in [1.82, 2.24) is 0 Å². The average molecular weight is 253 g/mol. The van der Waals surface area contributed by atoms with Crippen molar-refractivity contribution in [2.75, 3.05) is 12.4 Å². The number of esters is 1. The van der Waals surface area contributed by atoms with E-state index in [0.717, 1.165) is 0 Å². The lowest BCUT2D eigenvalue weighted by Crippen LogP contribution is -2.34. The summed E-state index contributed by atoms with van der Waals surface area (Å²) >= 11 is 3.15. The molecule has 0 aliphatic heterocycles. The molecule has 0 saturated heterocycles. The van der Waals surface area contributed by atoms with Crippen molar-refractivity contribution in [2.45, 2.75) is 31.4 Å². The van der Waals surface area contributed by atoms with Gasteiger partial charge >= 0.3 is 5.97 Å². The van der Waals surface area contributed by atoms with E-state index in [2.05, 4.69) is 20.7 Å². The minimum Gasteiger partial charge on any atom is -0.469 e. The Morgan fingerprint density at radius 3 is 2.54 bits per heavy atom. The molecular weight excluding hydrogens is 239 g/mol. The van der Waals surface area contributed by atoms with Crippen molar-refractivity contribution in [3.8, 4) is 0 Å². The van der Waals surface area contributed by atoms with Crippen molar-refractivity contribution in [3.63, 3.8) is 0 Å². The van der Waals surface area contributed by atoms with Gasteiger partial charge in [-0.2, -0.15) is 0 Å². The highest BCUT2D eigenvalue weighted by atomic mass is 79.9. The number of methoxy groups -OCH3 is 1. The molecule has 0 radical (unpaired) electrons. The maximum atomic E-state index is 13.6. The van der Waals surface area contributed by atoms with E-state index in [-0.39, 0.29) is 11.9 Å². The van der Waals surface area contributed by atoms with Crippen LogP contribution in [-0.2, 0) is 9.53 Å². The Bertz CT molecular complexity index is 188. The standard InChI is InChI=1S/C9H14BrFO2/c1-13-8(12)7-2-4-9(11,6-10)5-3-7/h7H,2-6H2,1H3. The van der Waals surface area contributed by atoms with Crippen LogP contribution >= 0.6 is 15.9 Å². The van der Waals surface area contributed by atoms with Gasteiger partial charge < -0.3 is 4.74 Å². The van der Waals surface area contributed by atoms with Gasteiger partial charge in [0.25, 0.3) is 0 Å². The molecule has 0 amide bonds. The van der Waals surface area contributed by atoms with Crippen LogP contribution in [0.1, 0.15) is 25.7 Å². The maximum Gasteiger partial charge on any atom is 0.308 e. The Hall–Kier alpha value is -0.120. The van der Waals surface area contributed by atoms with Gasteiger partial charge in [-0.25, -0.2) is 4.39 Å². The molecule has 2 nitrogen and oxygen atoms in total. The van der Waals surface area contributed by atoms with Crippen LogP contribution in [0.25, 0.3) is 0 Å². The third-order valence-electron chi connectivity index (χ3n) is 2.66. The summed E-state index contributed by atoms with van der Waals surface area (Å²) in [5, 5.41) is 0.369. The van der Waals surface area contributed by atoms with E-state index in [4.69, 9.17) is 0 Å². The molecule has 1 aliphatic rings. The summed E-state index contributed by atoms with van der Waals surface area (Å²) < 4.78 is 18.3. The lowest BCUT2D eigenvalue weighted by molar-refractivity contribution is -0.147. The smallest absolute Gasteiger partial charge is 0.308 e. The predicted octanol–water partition coefficient (Wildman–Crippen LogP) is 2.45. The Kier molecular flexibility index (Phi) is 3.71. The molecule has 0 aromatic carbocycles. The highest BCUT2D eigenvalue weighted by molar-refractivity contribution is 9.09. The van der Waals surface area contributed by atoms with Crippen LogP contribution in [0.4, 0.5) is 4.39 Å². The third-order valence-corrected chi connectivity index (χ3v) is 3.66. The molecule has 1 rings (SSSR count). The van der Waals surface area contributed by atoms with Gasteiger partial charge in [-0.1, -0.05) is 15.9 Å². The first-order valence-corrected chi connectivity index (χ1v) is 5.56. The van der Waals surface area contributed by atoms with Crippen LogP contribution in [0.15, 0.2) is 0 Å². The fourth-order valence-electron chi connectivity index (χ4n) is 1.67. The summed E-state index contributed by atoms with van der Waals surface area (Å²) in [6, 6.07) is 0.